The first kappa shape index (κ1) is 13.6. The van der Waals surface area contributed by atoms with E-state index in [4.69, 9.17) is 5.73 Å². The van der Waals surface area contributed by atoms with Crippen LogP contribution in [0.15, 0.2) is 41.5 Å². The molecule has 0 bridgehead atoms. The molecule has 100 valence electrons. The van der Waals surface area contributed by atoms with E-state index in [9.17, 15) is 4.79 Å². The molecular formula is C16H20N2O. The number of nitrogens with zero attached hydrogens (tertiary/aromatic N) is 1. The molecule has 0 saturated carbocycles. The average molecular weight is 256 g/mol. The van der Waals surface area contributed by atoms with Crippen molar-refractivity contribution in [2.75, 3.05) is 0 Å². The molecule has 1 atom stereocenters. The molecular weight excluding hydrogens is 236 g/mol. The molecule has 0 fully saturated rings. The second-order valence-corrected chi connectivity index (χ2v) is 5.15. The predicted molar refractivity (Wildman–Crippen MR) is 78.3 cm³/mol. The van der Waals surface area contributed by atoms with Gasteiger partial charge in [0.15, 0.2) is 5.43 Å². The van der Waals surface area contributed by atoms with Crippen LogP contribution in [0.5, 0.6) is 0 Å². The maximum absolute atomic E-state index is 11.1. The van der Waals surface area contributed by atoms with Crippen LogP contribution < -0.4 is 11.2 Å². The number of rotatable bonds is 3. The summed E-state index contributed by atoms with van der Waals surface area (Å²) in [6, 6.07) is 7.37. The first-order valence-electron chi connectivity index (χ1n) is 6.47. The topological polar surface area (TPSA) is 48.0 Å². The summed E-state index contributed by atoms with van der Waals surface area (Å²) in [5.41, 5.74) is 11.3. The van der Waals surface area contributed by atoms with Crippen molar-refractivity contribution in [1.82, 2.24) is 4.57 Å². The molecule has 0 aliphatic heterocycles. The van der Waals surface area contributed by atoms with Crippen LogP contribution in [0.3, 0.4) is 0 Å². The number of benzene rings is 1. The fourth-order valence-corrected chi connectivity index (χ4v) is 2.66. The Labute approximate surface area is 113 Å². The van der Waals surface area contributed by atoms with Crippen LogP contribution in [0.4, 0.5) is 0 Å². The minimum atomic E-state index is -0.0666. The van der Waals surface area contributed by atoms with Crippen molar-refractivity contribution in [2.24, 2.45) is 5.73 Å². The van der Waals surface area contributed by atoms with Crippen LogP contribution >= 0.6 is 0 Å². The lowest BCUT2D eigenvalue weighted by Crippen LogP contribution is -2.20. The molecule has 0 aliphatic rings. The summed E-state index contributed by atoms with van der Waals surface area (Å²) < 4.78 is 1.95. The SMILES string of the molecule is Cc1cc(C)c(C(N)Cn2ccc(=O)cc2)c(C)c1. The van der Waals surface area contributed by atoms with Gasteiger partial charge >= 0.3 is 0 Å². The number of hydrogen-bond donors (Lipinski definition) is 1. The van der Waals surface area contributed by atoms with Gasteiger partial charge in [-0.25, -0.2) is 0 Å². The van der Waals surface area contributed by atoms with Gasteiger partial charge in [-0.3, -0.25) is 4.79 Å². The Balaban J connectivity index is 2.27. The number of aryl methyl sites for hydroxylation is 3. The number of nitrogens with two attached hydrogens (primary N) is 1. The third-order valence-corrected chi connectivity index (χ3v) is 3.38. The van der Waals surface area contributed by atoms with Crippen LogP contribution in [0.2, 0.25) is 0 Å². The fourth-order valence-electron chi connectivity index (χ4n) is 2.66. The highest BCUT2D eigenvalue weighted by Crippen LogP contribution is 2.23. The van der Waals surface area contributed by atoms with Crippen LogP contribution in [-0.2, 0) is 6.54 Å². The molecule has 0 aliphatic carbocycles. The predicted octanol–water partition coefficient (Wildman–Crippen LogP) is 2.47. The Morgan fingerprint density at radius 2 is 1.63 bits per heavy atom. The smallest absolute Gasteiger partial charge is 0.181 e. The van der Waals surface area contributed by atoms with Gasteiger partial charge in [0.25, 0.3) is 0 Å². The lowest BCUT2D eigenvalue weighted by atomic mass is 9.94. The molecule has 0 spiro atoms. The molecule has 3 nitrogen and oxygen atoms in total. The standard InChI is InChI=1S/C16H20N2O/c1-11-8-12(2)16(13(3)9-11)15(17)10-18-6-4-14(19)5-7-18/h4-9,15H,10,17H2,1-3H3. The summed E-state index contributed by atoms with van der Waals surface area (Å²) >= 11 is 0. The van der Waals surface area contributed by atoms with Crippen molar-refractivity contribution in [1.29, 1.82) is 0 Å². The average Bonchev–Trinajstić information content (AvgIpc) is 2.30. The second kappa shape index (κ2) is 5.41. The van der Waals surface area contributed by atoms with Gasteiger partial charge in [-0.1, -0.05) is 17.7 Å². The van der Waals surface area contributed by atoms with Gasteiger partial charge in [-0.05, 0) is 37.5 Å². The van der Waals surface area contributed by atoms with Crippen molar-refractivity contribution in [2.45, 2.75) is 33.4 Å². The molecule has 2 N–H and O–H groups in total. The molecule has 1 aromatic carbocycles. The monoisotopic (exact) mass is 256 g/mol. The van der Waals surface area contributed by atoms with E-state index < -0.39 is 0 Å². The van der Waals surface area contributed by atoms with Gasteiger partial charge in [0, 0.05) is 37.1 Å². The molecule has 2 rings (SSSR count). The molecule has 1 aromatic heterocycles. The van der Waals surface area contributed by atoms with Crippen LogP contribution in [0, 0.1) is 20.8 Å². The Bertz CT molecular complexity index is 600. The van der Waals surface area contributed by atoms with Crippen molar-refractivity contribution in [3.8, 4) is 0 Å². The van der Waals surface area contributed by atoms with E-state index in [-0.39, 0.29) is 11.5 Å². The molecule has 3 heteroatoms. The lowest BCUT2D eigenvalue weighted by molar-refractivity contribution is 0.569. The van der Waals surface area contributed by atoms with E-state index in [1.165, 1.54) is 22.3 Å². The number of aromatic nitrogens is 1. The normalized spacial score (nSPS) is 12.4. The highest BCUT2D eigenvalue weighted by atomic mass is 16.1. The van der Waals surface area contributed by atoms with Crippen molar-refractivity contribution in [3.05, 3.63) is 69.1 Å². The highest BCUT2D eigenvalue weighted by molar-refractivity contribution is 5.39. The van der Waals surface area contributed by atoms with Gasteiger partial charge < -0.3 is 10.3 Å². The largest absolute Gasteiger partial charge is 0.352 e. The van der Waals surface area contributed by atoms with Gasteiger partial charge in [0.1, 0.15) is 0 Å². The maximum atomic E-state index is 11.1. The molecule has 0 radical (unpaired) electrons. The Morgan fingerprint density at radius 1 is 1.11 bits per heavy atom. The second-order valence-electron chi connectivity index (χ2n) is 5.15. The minimum absolute atomic E-state index is 0.0209. The van der Waals surface area contributed by atoms with E-state index in [1.807, 2.05) is 4.57 Å². The van der Waals surface area contributed by atoms with Crippen molar-refractivity contribution in [3.63, 3.8) is 0 Å². The first-order chi connectivity index (χ1) is 8.97. The van der Waals surface area contributed by atoms with Crippen LogP contribution in [0.1, 0.15) is 28.3 Å². The zero-order chi connectivity index (χ0) is 14.0. The zero-order valence-electron chi connectivity index (χ0n) is 11.7. The Kier molecular flexibility index (Phi) is 3.86. The van der Waals surface area contributed by atoms with Crippen LogP contribution in [0.25, 0.3) is 0 Å². The molecule has 1 heterocycles. The third kappa shape index (κ3) is 3.12. The van der Waals surface area contributed by atoms with E-state index >= 15 is 0 Å². The zero-order valence-corrected chi connectivity index (χ0v) is 11.7. The summed E-state index contributed by atoms with van der Waals surface area (Å²) in [6.45, 7) is 6.96. The third-order valence-electron chi connectivity index (χ3n) is 3.38. The fraction of sp³-hybridized carbons (Fsp3) is 0.312. The van der Waals surface area contributed by atoms with E-state index in [1.54, 1.807) is 24.5 Å². The molecule has 1 unspecified atom stereocenters. The molecule has 0 saturated heterocycles. The Morgan fingerprint density at radius 3 is 2.16 bits per heavy atom. The quantitative estimate of drug-likeness (QED) is 0.917. The van der Waals surface area contributed by atoms with Crippen molar-refractivity contribution < 1.29 is 0 Å². The summed E-state index contributed by atoms with van der Waals surface area (Å²) in [6.07, 6.45) is 3.56. The van der Waals surface area contributed by atoms with E-state index in [0.717, 1.165) is 0 Å². The number of hydrogen-bond acceptors (Lipinski definition) is 2. The summed E-state index contributed by atoms with van der Waals surface area (Å²) in [4.78, 5) is 11.1. The summed E-state index contributed by atoms with van der Waals surface area (Å²) in [7, 11) is 0. The number of pyridine rings is 1. The van der Waals surface area contributed by atoms with Gasteiger partial charge in [0.2, 0.25) is 0 Å². The van der Waals surface area contributed by atoms with Crippen molar-refractivity contribution >= 4 is 0 Å². The first-order valence-corrected chi connectivity index (χ1v) is 6.47. The van der Waals surface area contributed by atoms with Gasteiger partial charge in [0.05, 0.1) is 0 Å². The lowest BCUT2D eigenvalue weighted by Gasteiger charge is -2.19. The molecule has 0 amide bonds. The van der Waals surface area contributed by atoms with Crippen LogP contribution in [-0.4, -0.2) is 4.57 Å². The maximum Gasteiger partial charge on any atom is 0.181 e. The van der Waals surface area contributed by atoms with E-state index in [2.05, 4.69) is 32.9 Å². The highest BCUT2D eigenvalue weighted by Gasteiger charge is 2.12. The summed E-state index contributed by atoms with van der Waals surface area (Å²) in [5, 5.41) is 0. The Hall–Kier alpha value is -1.87. The molecule has 19 heavy (non-hydrogen) atoms. The van der Waals surface area contributed by atoms with Gasteiger partial charge in [-0.15, -0.1) is 0 Å². The minimum Gasteiger partial charge on any atom is -0.352 e. The summed E-state index contributed by atoms with van der Waals surface area (Å²) in [5.74, 6) is 0. The van der Waals surface area contributed by atoms with E-state index in [0.29, 0.717) is 6.54 Å². The molecule has 2 aromatic rings. The van der Waals surface area contributed by atoms with Gasteiger partial charge in [-0.2, -0.15) is 0 Å².